The Kier molecular flexibility index (Phi) is 6.01. The minimum Gasteiger partial charge on any atom is -0.234 e. The van der Waals surface area contributed by atoms with E-state index in [0.29, 0.717) is 0 Å². The summed E-state index contributed by atoms with van der Waals surface area (Å²) in [6.07, 6.45) is 6.02. The Morgan fingerprint density at radius 2 is 2.25 bits per heavy atom. The summed E-state index contributed by atoms with van der Waals surface area (Å²) in [5, 5.41) is 0. The predicted molar refractivity (Wildman–Crippen MR) is 34.4 cm³/mol. The standard InChI is InChI=1S/C7H12O/c1-2-3-4-5-6-7-8/h6H,2-5H2,1H3. The lowest BCUT2D eigenvalue weighted by Crippen LogP contribution is -1.69. The lowest BCUT2D eigenvalue weighted by Gasteiger charge is -1.86. The molecule has 8 heavy (non-hydrogen) atoms. The highest BCUT2D eigenvalue weighted by Crippen LogP contribution is 1.97. The zero-order chi connectivity index (χ0) is 6.24. The molecule has 0 aliphatic carbocycles. The first-order chi connectivity index (χ1) is 3.91. The molecule has 0 saturated carbocycles. The van der Waals surface area contributed by atoms with Crippen LogP contribution in [0, 0.1) is 0 Å². The SMILES string of the molecule is CCCCCC=C=O. The molecule has 0 aromatic heterocycles. The van der Waals surface area contributed by atoms with E-state index in [9.17, 15) is 4.79 Å². The number of unbranched alkanes of at least 4 members (excludes halogenated alkanes) is 3. The molecule has 0 radical (unpaired) electrons. The molecule has 0 saturated heterocycles. The Labute approximate surface area is 50.4 Å². The second-order valence-corrected chi connectivity index (χ2v) is 1.82. The van der Waals surface area contributed by atoms with E-state index in [1.165, 1.54) is 12.8 Å². The third-order valence-electron chi connectivity index (χ3n) is 1.04. The Balaban J connectivity index is 2.82. The molecule has 0 spiro atoms. The van der Waals surface area contributed by atoms with Gasteiger partial charge < -0.3 is 0 Å². The zero-order valence-corrected chi connectivity index (χ0v) is 5.31. The molecule has 0 aliphatic heterocycles. The van der Waals surface area contributed by atoms with E-state index >= 15 is 0 Å². The third-order valence-corrected chi connectivity index (χ3v) is 1.04. The first-order valence-electron chi connectivity index (χ1n) is 3.11. The minimum absolute atomic E-state index is 0.900. The van der Waals surface area contributed by atoms with E-state index < -0.39 is 0 Å². The Hall–Kier alpha value is -0.550. The van der Waals surface area contributed by atoms with Crippen molar-refractivity contribution >= 4 is 5.94 Å². The van der Waals surface area contributed by atoms with Crippen LogP contribution in [-0.4, -0.2) is 5.94 Å². The first-order valence-corrected chi connectivity index (χ1v) is 3.11. The lowest BCUT2D eigenvalue weighted by atomic mass is 10.2. The monoisotopic (exact) mass is 112 g/mol. The van der Waals surface area contributed by atoms with Crippen molar-refractivity contribution in [3.63, 3.8) is 0 Å². The van der Waals surface area contributed by atoms with Gasteiger partial charge in [0.1, 0.15) is 5.94 Å². The van der Waals surface area contributed by atoms with Crippen LogP contribution >= 0.6 is 0 Å². The second-order valence-electron chi connectivity index (χ2n) is 1.82. The molecular weight excluding hydrogens is 100 g/mol. The molecule has 0 rings (SSSR count). The van der Waals surface area contributed by atoms with Crippen molar-refractivity contribution in [1.29, 1.82) is 0 Å². The van der Waals surface area contributed by atoms with Crippen molar-refractivity contribution in [3.8, 4) is 0 Å². The number of rotatable bonds is 4. The number of hydrogen-bond donors (Lipinski definition) is 0. The molecule has 0 N–H and O–H groups in total. The van der Waals surface area contributed by atoms with Gasteiger partial charge in [0.15, 0.2) is 0 Å². The van der Waals surface area contributed by atoms with Crippen LogP contribution in [0.2, 0.25) is 0 Å². The van der Waals surface area contributed by atoms with Gasteiger partial charge in [0.05, 0.1) is 0 Å². The van der Waals surface area contributed by atoms with Crippen molar-refractivity contribution in [1.82, 2.24) is 0 Å². The second kappa shape index (κ2) is 6.45. The summed E-state index contributed by atoms with van der Waals surface area (Å²) in [6, 6.07) is 0. The van der Waals surface area contributed by atoms with Gasteiger partial charge in [-0.05, 0) is 18.9 Å². The van der Waals surface area contributed by atoms with Crippen LogP contribution in [0.15, 0.2) is 6.08 Å². The highest BCUT2D eigenvalue weighted by Gasteiger charge is 1.79. The molecule has 46 valence electrons. The Morgan fingerprint density at radius 3 is 2.75 bits per heavy atom. The van der Waals surface area contributed by atoms with Crippen LogP contribution in [0.25, 0.3) is 0 Å². The fourth-order valence-electron chi connectivity index (χ4n) is 0.555. The van der Waals surface area contributed by atoms with Gasteiger partial charge in [-0.25, -0.2) is 4.79 Å². The van der Waals surface area contributed by atoms with Crippen molar-refractivity contribution < 1.29 is 4.79 Å². The quantitative estimate of drug-likeness (QED) is 0.401. The van der Waals surface area contributed by atoms with E-state index in [2.05, 4.69) is 6.92 Å². The van der Waals surface area contributed by atoms with Crippen molar-refractivity contribution in [2.75, 3.05) is 0 Å². The molecule has 0 unspecified atom stereocenters. The maximum absolute atomic E-state index is 9.59. The van der Waals surface area contributed by atoms with Crippen LogP contribution in [0.1, 0.15) is 32.6 Å². The normalized spacial score (nSPS) is 8.12. The summed E-state index contributed by atoms with van der Waals surface area (Å²) in [6.45, 7) is 2.14. The number of carbonyl (C=O) groups excluding carboxylic acids is 1. The van der Waals surface area contributed by atoms with E-state index in [1.54, 1.807) is 12.0 Å². The van der Waals surface area contributed by atoms with Crippen LogP contribution in [0.3, 0.4) is 0 Å². The molecule has 0 aromatic carbocycles. The highest BCUT2D eigenvalue weighted by atomic mass is 16.1. The van der Waals surface area contributed by atoms with Crippen LogP contribution in [-0.2, 0) is 4.79 Å². The number of hydrogen-bond acceptors (Lipinski definition) is 1. The van der Waals surface area contributed by atoms with Crippen molar-refractivity contribution in [2.24, 2.45) is 0 Å². The largest absolute Gasteiger partial charge is 0.234 e. The molecular formula is C7H12O. The van der Waals surface area contributed by atoms with E-state index in [1.807, 2.05) is 0 Å². The summed E-state index contributed by atoms with van der Waals surface area (Å²) in [7, 11) is 0. The molecule has 0 aromatic rings. The van der Waals surface area contributed by atoms with Crippen LogP contribution in [0.4, 0.5) is 0 Å². The molecule has 0 atom stereocenters. The smallest absolute Gasteiger partial charge is 0.120 e. The van der Waals surface area contributed by atoms with Gasteiger partial charge in [0.2, 0.25) is 0 Å². The van der Waals surface area contributed by atoms with E-state index in [0.717, 1.165) is 12.8 Å². The maximum atomic E-state index is 9.59. The summed E-state index contributed by atoms with van der Waals surface area (Å²) in [5.74, 6) is 1.75. The topological polar surface area (TPSA) is 17.1 Å². The van der Waals surface area contributed by atoms with Gasteiger partial charge in [-0.3, -0.25) is 0 Å². The van der Waals surface area contributed by atoms with Crippen molar-refractivity contribution in [2.45, 2.75) is 32.6 Å². The number of allylic oxidation sites excluding steroid dienone is 1. The third kappa shape index (κ3) is 5.45. The zero-order valence-electron chi connectivity index (χ0n) is 5.31. The first kappa shape index (κ1) is 7.45. The minimum atomic E-state index is 0.900. The van der Waals surface area contributed by atoms with Crippen LogP contribution < -0.4 is 0 Å². The van der Waals surface area contributed by atoms with Gasteiger partial charge >= 0.3 is 0 Å². The van der Waals surface area contributed by atoms with Crippen molar-refractivity contribution in [3.05, 3.63) is 6.08 Å². The Bertz CT molecular complexity index is 80.4. The summed E-state index contributed by atoms with van der Waals surface area (Å²) in [4.78, 5) is 9.59. The van der Waals surface area contributed by atoms with Gasteiger partial charge in [0.25, 0.3) is 0 Å². The predicted octanol–water partition coefficient (Wildman–Crippen LogP) is 1.95. The van der Waals surface area contributed by atoms with Crippen LogP contribution in [0.5, 0.6) is 0 Å². The molecule has 1 heteroatoms. The fourth-order valence-corrected chi connectivity index (χ4v) is 0.555. The van der Waals surface area contributed by atoms with Gasteiger partial charge in [0, 0.05) is 0 Å². The average Bonchev–Trinajstić information content (AvgIpc) is 1.81. The fraction of sp³-hybridized carbons (Fsp3) is 0.714. The van der Waals surface area contributed by atoms with Gasteiger partial charge in [-0.2, -0.15) is 0 Å². The highest BCUT2D eigenvalue weighted by molar-refractivity contribution is 5.44. The molecule has 0 amide bonds. The van der Waals surface area contributed by atoms with E-state index in [4.69, 9.17) is 0 Å². The summed E-state index contributed by atoms with van der Waals surface area (Å²) >= 11 is 0. The molecule has 0 fully saturated rings. The lowest BCUT2D eigenvalue weighted by molar-refractivity contribution is 0.567. The molecule has 0 aliphatic rings. The summed E-state index contributed by atoms with van der Waals surface area (Å²) < 4.78 is 0. The van der Waals surface area contributed by atoms with E-state index in [-0.39, 0.29) is 0 Å². The average molecular weight is 112 g/mol. The molecule has 0 bridgehead atoms. The summed E-state index contributed by atoms with van der Waals surface area (Å²) in [5.41, 5.74) is 0. The molecule has 1 nitrogen and oxygen atoms in total. The van der Waals surface area contributed by atoms with Gasteiger partial charge in [-0.15, -0.1) is 0 Å². The maximum Gasteiger partial charge on any atom is 0.120 e. The van der Waals surface area contributed by atoms with Gasteiger partial charge in [-0.1, -0.05) is 19.8 Å². The Morgan fingerprint density at radius 1 is 1.50 bits per heavy atom. The molecule has 0 heterocycles.